The third-order valence-electron chi connectivity index (χ3n) is 2.52. The number of rotatable bonds is 6. The lowest BCUT2D eigenvalue weighted by molar-refractivity contribution is -0.384. The lowest BCUT2D eigenvalue weighted by Gasteiger charge is -1.99. The van der Waals surface area contributed by atoms with Crippen molar-refractivity contribution in [3.05, 3.63) is 62.3 Å². The molecule has 0 amide bonds. The molecule has 1 aromatic heterocycles. The maximum Gasteiger partial charge on any atom is 0.328 e. The first-order valence-corrected chi connectivity index (χ1v) is 7.77. The number of carbonyl (C=O) groups is 1. The standard InChI is InChI=1S/C14H11NO4S2/c16-14(17)6-1-10-7-13(20-8-10)9-21-12-4-2-11(3-5-12)15(18)19/h1-8H,9H2,(H,16,17). The van der Waals surface area contributed by atoms with E-state index in [0.717, 1.165) is 27.2 Å². The van der Waals surface area contributed by atoms with E-state index in [1.54, 1.807) is 41.3 Å². The molecule has 0 saturated heterocycles. The van der Waals surface area contributed by atoms with Crippen molar-refractivity contribution >= 4 is 40.8 Å². The second-order valence-corrected chi connectivity index (χ2v) is 6.10. The number of nitro groups is 1. The SMILES string of the molecule is O=C(O)C=Cc1csc(CSc2ccc([N+](=O)[O-])cc2)c1. The van der Waals surface area contributed by atoms with Crippen molar-refractivity contribution in [3.63, 3.8) is 0 Å². The molecule has 108 valence electrons. The Labute approximate surface area is 129 Å². The van der Waals surface area contributed by atoms with Gasteiger partial charge in [0.1, 0.15) is 0 Å². The van der Waals surface area contributed by atoms with E-state index < -0.39 is 10.9 Å². The van der Waals surface area contributed by atoms with Crippen LogP contribution in [0, 0.1) is 10.1 Å². The molecule has 0 fully saturated rings. The number of thiophene rings is 1. The minimum absolute atomic E-state index is 0.0802. The highest BCUT2D eigenvalue weighted by Gasteiger charge is 2.05. The monoisotopic (exact) mass is 321 g/mol. The first-order valence-electron chi connectivity index (χ1n) is 5.90. The number of hydrogen-bond donors (Lipinski definition) is 1. The van der Waals surface area contributed by atoms with Crippen LogP contribution < -0.4 is 0 Å². The van der Waals surface area contributed by atoms with Crippen molar-refractivity contribution in [1.29, 1.82) is 0 Å². The first kappa shape index (κ1) is 15.3. The molecule has 0 saturated carbocycles. The van der Waals surface area contributed by atoms with Gasteiger partial charge in [0, 0.05) is 33.7 Å². The fourth-order valence-electron chi connectivity index (χ4n) is 1.55. The second-order valence-electron chi connectivity index (χ2n) is 4.06. The Balaban J connectivity index is 1.93. The largest absolute Gasteiger partial charge is 0.478 e. The molecule has 1 N–H and O–H groups in total. The summed E-state index contributed by atoms with van der Waals surface area (Å²) < 4.78 is 0. The predicted molar refractivity (Wildman–Crippen MR) is 83.6 cm³/mol. The summed E-state index contributed by atoms with van der Waals surface area (Å²) in [4.78, 5) is 22.6. The van der Waals surface area contributed by atoms with E-state index in [1.807, 2.05) is 11.4 Å². The van der Waals surface area contributed by atoms with Gasteiger partial charge in [-0.1, -0.05) is 0 Å². The number of carboxylic acid groups (broad SMARTS) is 1. The molecule has 2 rings (SSSR count). The van der Waals surface area contributed by atoms with E-state index in [2.05, 4.69) is 0 Å². The molecular formula is C14H11NO4S2. The topological polar surface area (TPSA) is 80.4 Å². The fourth-order valence-corrected chi connectivity index (χ4v) is 3.35. The molecule has 0 aliphatic heterocycles. The summed E-state index contributed by atoms with van der Waals surface area (Å²) in [6.07, 6.45) is 2.66. The van der Waals surface area contributed by atoms with E-state index in [4.69, 9.17) is 5.11 Å². The van der Waals surface area contributed by atoms with Crippen molar-refractivity contribution in [2.24, 2.45) is 0 Å². The summed E-state index contributed by atoms with van der Waals surface area (Å²) in [6.45, 7) is 0. The molecule has 21 heavy (non-hydrogen) atoms. The third-order valence-corrected chi connectivity index (χ3v) is 4.72. The lowest BCUT2D eigenvalue weighted by Crippen LogP contribution is -1.86. The maximum atomic E-state index is 10.6. The minimum Gasteiger partial charge on any atom is -0.478 e. The number of thioether (sulfide) groups is 1. The molecule has 7 heteroatoms. The first-order chi connectivity index (χ1) is 10.0. The van der Waals surface area contributed by atoms with Gasteiger partial charge < -0.3 is 5.11 Å². The number of nitrogens with zero attached hydrogens (tertiary/aromatic N) is 1. The normalized spacial score (nSPS) is 10.9. The fraction of sp³-hybridized carbons (Fsp3) is 0.0714. The van der Waals surface area contributed by atoms with Crippen molar-refractivity contribution in [1.82, 2.24) is 0 Å². The molecule has 2 aromatic rings. The second kappa shape index (κ2) is 7.05. The average Bonchev–Trinajstić information content (AvgIpc) is 2.91. The maximum absolute atomic E-state index is 10.6. The summed E-state index contributed by atoms with van der Waals surface area (Å²) in [5.41, 5.74) is 0.943. The van der Waals surface area contributed by atoms with Crippen LogP contribution in [-0.4, -0.2) is 16.0 Å². The van der Waals surface area contributed by atoms with Gasteiger partial charge in [-0.05, 0) is 35.2 Å². The highest BCUT2D eigenvalue weighted by atomic mass is 32.2. The Hall–Kier alpha value is -2.12. The van der Waals surface area contributed by atoms with Crippen LogP contribution in [-0.2, 0) is 10.5 Å². The van der Waals surface area contributed by atoms with Crippen LogP contribution in [0.3, 0.4) is 0 Å². The molecular weight excluding hydrogens is 310 g/mol. The molecule has 1 aromatic carbocycles. The van der Waals surface area contributed by atoms with Gasteiger partial charge in [0.2, 0.25) is 0 Å². The van der Waals surface area contributed by atoms with Gasteiger partial charge in [0.25, 0.3) is 5.69 Å². The minimum atomic E-state index is -0.969. The van der Waals surface area contributed by atoms with Crippen LogP contribution in [0.25, 0.3) is 6.08 Å². The van der Waals surface area contributed by atoms with Crippen LogP contribution in [0.5, 0.6) is 0 Å². The van der Waals surface area contributed by atoms with Gasteiger partial charge in [-0.2, -0.15) is 0 Å². The Morgan fingerprint density at radius 3 is 2.71 bits per heavy atom. The summed E-state index contributed by atoms with van der Waals surface area (Å²) in [5, 5.41) is 21.0. The molecule has 5 nitrogen and oxygen atoms in total. The lowest BCUT2D eigenvalue weighted by atomic mass is 10.3. The van der Waals surface area contributed by atoms with Crippen molar-refractivity contribution < 1.29 is 14.8 Å². The van der Waals surface area contributed by atoms with Crippen LogP contribution in [0.2, 0.25) is 0 Å². The van der Waals surface area contributed by atoms with Crippen LogP contribution >= 0.6 is 23.1 Å². The van der Waals surface area contributed by atoms with E-state index in [9.17, 15) is 14.9 Å². The van der Waals surface area contributed by atoms with Gasteiger partial charge in [-0.3, -0.25) is 10.1 Å². The van der Waals surface area contributed by atoms with E-state index in [0.29, 0.717) is 0 Å². The summed E-state index contributed by atoms with van der Waals surface area (Å²) in [7, 11) is 0. The van der Waals surface area contributed by atoms with E-state index in [1.165, 1.54) is 12.1 Å². The summed E-state index contributed by atoms with van der Waals surface area (Å²) in [6, 6.07) is 8.35. The zero-order valence-corrected chi connectivity index (χ0v) is 12.4. The highest BCUT2D eigenvalue weighted by molar-refractivity contribution is 7.98. The van der Waals surface area contributed by atoms with Crippen molar-refractivity contribution in [2.75, 3.05) is 0 Å². The highest BCUT2D eigenvalue weighted by Crippen LogP contribution is 2.28. The van der Waals surface area contributed by atoms with Crippen LogP contribution in [0.1, 0.15) is 10.4 Å². The quantitative estimate of drug-likeness (QED) is 0.376. The van der Waals surface area contributed by atoms with E-state index >= 15 is 0 Å². The number of carboxylic acids is 1. The molecule has 0 aliphatic carbocycles. The Bertz CT molecular complexity index is 677. The molecule has 1 heterocycles. The molecule has 0 aliphatic rings. The van der Waals surface area contributed by atoms with Gasteiger partial charge in [0.05, 0.1) is 4.92 Å². The Morgan fingerprint density at radius 1 is 1.38 bits per heavy atom. The van der Waals surface area contributed by atoms with Gasteiger partial charge in [-0.25, -0.2) is 4.79 Å². The zero-order valence-electron chi connectivity index (χ0n) is 10.8. The van der Waals surface area contributed by atoms with Gasteiger partial charge in [-0.15, -0.1) is 23.1 Å². The molecule has 0 spiro atoms. The number of non-ortho nitro benzene ring substituents is 1. The number of hydrogen-bond acceptors (Lipinski definition) is 5. The number of aliphatic carboxylic acids is 1. The molecule has 0 bridgehead atoms. The molecule has 0 unspecified atom stereocenters. The zero-order chi connectivity index (χ0) is 15.2. The number of nitro benzene ring substituents is 1. The predicted octanol–water partition coefficient (Wildman–Crippen LogP) is 4.05. The average molecular weight is 321 g/mol. The number of benzene rings is 1. The van der Waals surface area contributed by atoms with Crippen molar-refractivity contribution in [2.45, 2.75) is 10.6 Å². The van der Waals surface area contributed by atoms with Crippen molar-refractivity contribution in [3.8, 4) is 0 Å². The summed E-state index contributed by atoms with van der Waals surface area (Å²) in [5.74, 6) is -0.230. The van der Waals surface area contributed by atoms with Gasteiger partial charge in [0.15, 0.2) is 0 Å². The molecule has 0 radical (unpaired) electrons. The third kappa shape index (κ3) is 4.73. The van der Waals surface area contributed by atoms with Crippen LogP contribution in [0.4, 0.5) is 5.69 Å². The smallest absolute Gasteiger partial charge is 0.328 e. The van der Waals surface area contributed by atoms with Gasteiger partial charge >= 0.3 is 5.97 Å². The van der Waals surface area contributed by atoms with Crippen LogP contribution in [0.15, 0.2) is 46.7 Å². The van der Waals surface area contributed by atoms with E-state index in [-0.39, 0.29) is 5.69 Å². The Kier molecular flexibility index (Phi) is 5.13. The molecule has 0 atom stereocenters. The summed E-state index contributed by atoms with van der Waals surface area (Å²) >= 11 is 3.13. The Morgan fingerprint density at radius 2 is 2.10 bits per heavy atom.